The van der Waals surface area contributed by atoms with E-state index < -0.39 is 18.6 Å². The molecular weight excluding hydrogens is 269 g/mol. The number of hydrogen-bond donors (Lipinski definition) is 1. The molecule has 108 valence electrons. The van der Waals surface area contributed by atoms with E-state index in [4.69, 9.17) is 5.73 Å². The number of carbonyl (C=O) groups excluding carboxylic acids is 1. The Hall–Kier alpha value is -2.00. The average Bonchev–Trinajstić information content (AvgIpc) is 2.34. The predicted octanol–water partition coefficient (Wildman–Crippen LogP) is 1.94. The van der Waals surface area contributed by atoms with Crippen molar-refractivity contribution >= 4 is 5.91 Å². The summed E-state index contributed by atoms with van der Waals surface area (Å²) in [5.41, 5.74) is 6.88. The maximum absolute atomic E-state index is 12.2. The molecule has 0 atom stereocenters. The summed E-state index contributed by atoms with van der Waals surface area (Å²) in [7, 11) is 1.12. The quantitative estimate of drug-likeness (QED) is 0.844. The van der Waals surface area contributed by atoms with Crippen molar-refractivity contribution in [3.05, 3.63) is 34.9 Å². The molecule has 3 nitrogen and oxygen atoms in total. The van der Waals surface area contributed by atoms with Gasteiger partial charge in [-0.05, 0) is 30.7 Å². The van der Waals surface area contributed by atoms with Crippen molar-refractivity contribution in [2.24, 2.45) is 5.73 Å². The fourth-order valence-electron chi connectivity index (χ4n) is 1.64. The maximum Gasteiger partial charge on any atom is 0.406 e. The maximum atomic E-state index is 12.2. The Labute approximate surface area is 115 Å². The van der Waals surface area contributed by atoms with Gasteiger partial charge >= 0.3 is 6.18 Å². The zero-order valence-corrected chi connectivity index (χ0v) is 11.2. The third-order valence-electron chi connectivity index (χ3n) is 2.56. The molecule has 20 heavy (non-hydrogen) atoms. The minimum absolute atomic E-state index is 0.201. The Kier molecular flexibility index (Phi) is 5.17. The second kappa shape index (κ2) is 6.44. The molecule has 0 spiro atoms. The molecule has 1 rings (SSSR count). The molecule has 0 unspecified atom stereocenters. The Morgan fingerprint density at radius 2 is 2.05 bits per heavy atom. The number of benzene rings is 1. The van der Waals surface area contributed by atoms with E-state index in [2.05, 4.69) is 11.8 Å². The van der Waals surface area contributed by atoms with Gasteiger partial charge in [-0.3, -0.25) is 4.79 Å². The Morgan fingerprint density at radius 3 is 2.55 bits per heavy atom. The number of halogens is 3. The highest BCUT2D eigenvalue weighted by Crippen LogP contribution is 2.18. The summed E-state index contributed by atoms with van der Waals surface area (Å²) in [5.74, 6) is 4.83. The van der Waals surface area contributed by atoms with Crippen LogP contribution in [0, 0.1) is 18.8 Å². The second-order valence-corrected chi connectivity index (χ2v) is 4.31. The monoisotopic (exact) mass is 284 g/mol. The van der Waals surface area contributed by atoms with E-state index in [1.165, 1.54) is 12.1 Å². The van der Waals surface area contributed by atoms with Crippen LogP contribution >= 0.6 is 0 Å². The van der Waals surface area contributed by atoms with Crippen LogP contribution in [0.2, 0.25) is 0 Å². The second-order valence-electron chi connectivity index (χ2n) is 4.31. The number of nitrogens with two attached hydrogens (primary N) is 1. The lowest BCUT2D eigenvalue weighted by molar-refractivity contribution is -0.138. The van der Waals surface area contributed by atoms with E-state index in [0.29, 0.717) is 10.5 Å². The van der Waals surface area contributed by atoms with E-state index in [1.54, 1.807) is 13.0 Å². The van der Waals surface area contributed by atoms with E-state index in [0.717, 1.165) is 12.6 Å². The highest BCUT2D eigenvalue weighted by atomic mass is 19.4. The number of rotatable bonds is 2. The van der Waals surface area contributed by atoms with Crippen molar-refractivity contribution in [1.82, 2.24) is 4.90 Å². The average molecular weight is 284 g/mol. The third kappa shape index (κ3) is 4.59. The van der Waals surface area contributed by atoms with Gasteiger partial charge < -0.3 is 10.6 Å². The summed E-state index contributed by atoms with van der Waals surface area (Å²) in [5, 5.41) is 0. The first-order chi connectivity index (χ1) is 9.24. The molecule has 0 saturated heterocycles. The molecule has 0 saturated carbocycles. The van der Waals surface area contributed by atoms with Crippen LogP contribution in [0.3, 0.4) is 0 Å². The van der Waals surface area contributed by atoms with Gasteiger partial charge in [0.1, 0.15) is 6.54 Å². The Morgan fingerprint density at radius 1 is 1.40 bits per heavy atom. The number of alkyl halides is 3. The Bertz CT molecular complexity index is 556. The van der Waals surface area contributed by atoms with Crippen molar-refractivity contribution in [1.29, 1.82) is 0 Å². The molecule has 1 aromatic rings. The molecule has 0 bridgehead atoms. The third-order valence-corrected chi connectivity index (χ3v) is 2.56. The molecule has 0 aliphatic rings. The van der Waals surface area contributed by atoms with Crippen LogP contribution < -0.4 is 5.73 Å². The summed E-state index contributed by atoms with van der Waals surface area (Å²) >= 11 is 0. The zero-order valence-electron chi connectivity index (χ0n) is 11.2. The number of nitrogens with zero attached hydrogens (tertiary/aromatic N) is 1. The molecular formula is C14H15F3N2O. The van der Waals surface area contributed by atoms with Crippen LogP contribution in [0.1, 0.15) is 21.5 Å². The summed E-state index contributed by atoms with van der Waals surface area (Å²) in [4.78, 5) is 12.5. The first-order valence-electron chi connectivity index (χ1n) is 5.86. The zero-order chi connectivity index (χ0) is 15.3. The van der Waals surface area contributed by atoms with Crippen LogP contribution in [0.15, 0.2) is 18.2 Å². The largest absolute Gasteiger partial charge is 0.406 e. The summed E-state index contributed by atoms with van der Waals surface area (Å²) in [6.07, 6.45) is -4.41. The van der Waals surface area contributed by atoms with Gasteiger partial charge in [0.15, 0.2) is 0 Å². The predicted molar refractivity (Wildman–Crippen MR) is 70.1 cm³/mol. The van der Waals surface area contributed by atoms with Crippen LogP contribution in [-0.4, -0.2) is 37.1 Å². The topological polar surface area (TPSA) is 46.3 Å². The molecule has 0 aliphatic carbocycles. The summed E-state index contributed by atoms with van der Waals surface area (Å²) < 4.78 is 36.7. The van der Waals surface area contributed by atoms with Crippen molar-refractivity contribution in [3.63, 3.8) is 0 Å². The van der Waals surface area contributed by atoms with Gasteiger partial charge in [-0.25, -0.2) is 0 Å². The minimum atomic E-state index is -4.41. The molecule has 0 aliphatic heterocycles. The smallest absolute Gasteiger partial charge is 0.333 e. The first kappa shape index (κ1) is 16.1. The Balaban J connectivity index is 2.92. The highest BCUT2D eigenvalue weighted by molar-refractivity contribution is 5.94. The van der Waals surface area contributed by atoms with Crippen LogP contribution in [0.4, 0.5) is 13.2 Å². The van der Waals surface area contributed by atoms with Crippen molar-refractivity contribution in [2.45, 2.75) is 13.1 Å². The number of aryl methyl sites for hydroxylation is 1. The number of amides is 1. The van der Waals surface area contributed by atoms with Gasteiger partial charge in [0.05, 0.1) is 6.54 Å². The molecule has 0 radical (unpaired) electrons. The highest BCUT2D eigenvalue weighted by Gasteiger charge is 2.31. The molecule has 1 aromatic carbocycles. The van der Waals surface area contributed by atoms with Crippen LogP contribution in [-0.2, 0) is 0 Å². The number of hydrogen-bond acceptors (Lipinski definition) is 2. The van der Waals surface area contributed by atoms with Crippen molar-refractivity contribution in [2.75, 3.05) is 20.1 Å². The van der Waals surface area contributed by atoms with Crippen LogP contribution in [0.5, 0.6) is 0 Å². The van der Waals surface area contributed by atoms with Gasteiger partial charge in [0.25, 0.3) is 5.91 Å². The van der Waals surface area contributed by atoms with E-state index in [1.807, 2.05) is 0 Å². The minimum Gasteiger partial charge on any atom is -0.333 e. The van der Waals surface area contributed by atoms with E-state index in [-0.39, 0.29) is 12.1 Å². The number of carbonyl (C=O) groups is 1. The molecule has 1 amide bonds. The van der Waals surface area contributed by atoms with E-state index in [9.17, 15) is 18.0 Å². The summed E-state index contributed by atoms with van der Waals surface area (Å²) in [6, 6.07) is 4.59. The van der Waals surface area contributed by atoms with Gasteiger partial charge in [-0.2, -0.15) is 13.2 Å². The molecule has 0 aromatic heterocycles. The van der Waals surface area contributed by atoms with Gasteiger partial charge in [0, 0.05) is 18.2 Å². The molecule has 6 heteroatoms. The molecule has 2 N–H and O–H groups in total. The van der Waals surface area contributed by atoms with Gasteiger partial charge in [-0.15, -0.1) is 0 Å². The summed E-state index contributed by atoms with van der Waals surface area (Å²) in [6.45, 7) is 0.676. The molecule has 0 fully saturated rings. The van der Waals surface area contributed by atoms with Crippen molar-refractivity contribution < 1.29 is 18.0 Å². The SMILES string of the molecule is Cc1cc(C(=O)N(C)CC(F)(F)F)ccc1C#CCN. The van der Waals surface area contributed by atoms with E-state index >= 15 is 0 Å². The lowest BCUT2D eigenvalue weighted by atomic mass is 10.0. The van der Waals surface area contributed by atoms with Gasteiger partial charge in [0.2, 0.25) is 0 Å². The fraction of sp³-hybridized carbons (Fsp3) is 0.357. The normalized spacial score (nSPS) is 10.7. The lowest BCUT2D eigenvalue weighted by Gasteiger charge is -2.19. The standard InChI is InChI=1S/C14H15F3N2O/c1-10-8-12(6-5-11(10)4-3-7-18)13(20)19(2)9-14(15,16)17/h5-6,8H,7,9,18H2,1-2H3. The first-order valence-corrected chi connectivity index (χ1v) is 5.86. The molecule has 0 heterocycles. The van der Waals surface area contributed by atoms with Gasteiger partial charge in [-0.1, -0.05) is 11.8 Å². The van der Waals surface area contributed by atoms with Crippen LogP contribution in [0.25, 0.3) is 0 Å². The fourth-order valence-corrected chi connectivity index (χ4v) is 1.64. The van der Waals surface area contributed by atoms with Crippen molar-refractivity contribution in [3.8, 4) is 11.8 Å². The lowest BCUT2D eigenvalue weighted by Crippen LogP contribution is -2.35.